The van der Waals surface area contributed by atoms with Crippen molar-refractivity contribution in [1.29, 1.82) is 0 Å². The number of rotatable bonds is 5. The van der Waals surface area contributed by atoms with Gasteiger partial charge in [0.2, 0.25) is 0 Å². The van der Waals surface area contributed by atoms with E-state index in [-0.39, 0.29) is 0 Å². The van der Waals surface area contributed by atoms with Crippen LogP contribution in [-0.2, 0) is 13.0 Å². The van der Waals surface area contributed by atoms with Crippen molar-refractivity contribution in [3.63, 3.8) is 0 Å². The molecular weight excluding hydrogens is 232 g/mol. The Kier molecular flexibility index (Phi) is 4.06. The Balaban J connectivity index is 1.97. The van der Waals surface area contributed by atoms with Crippen molar-refractivity contribution in [2.75, 3.05) is 11.9 Å². The van der Waals surface area contributed by atoms with Crippen LogP contribution in [0.2, 0.25) is 0 Å². The molecule has 0 atom stereocenters. The summed E-state index contributed by atoms with van der Waals surface area (Å²) in [6.45, 7) is 3.48. The van der Waals surface area contributed by atoms with Gasteiger partial charge in [-0.05, 0) is 37.6 Å². The molecule has 3 N–H and O–H groups in total. The standard InChI is InChI=1S/C12H16N4S/c1-9-11(2-5-13)17-12(16-9)15-8-10-3-6-14-7-4-10/h3-4,6-7H,2,5,8,13H2,1H3,(H,15,16). The molecule has 0 aliphatic rings. The summed E-state index contributed by atoms with van der Waals surface area (Å²) in [6.07, 6.45) is 4.49. The van der Waals surface area contributed by atoms with E-state index in [4.69, 9.17) is 5.73 Å². The van der Waals surface area contributed by atoms with Crippen LogP contribution in [-0.4, -0.2) is 16.5 Å². The lowest BCUT2D eigenvalue weighted by Gasteiger charge is -2.01. The zero-order valence-corrected chi connectivity index (χ0v) is 10.6. The number of hydrogen-bond acceptors (Lipinski definition) is 5. The summed E-state index contributed by atoms with van der Waals surface area (Å²) in [5.41, 5.74) is 7.84. The normalized spacial score (nSPS) is 10.5. The van der Waals surface area contributed by atoms with Gasteiger partial charge in [-0.3, -0.25) is 4.98 Å². The molecule has 0 amide bonds. The highest BCUT2D eigenvalue weighted by atomic mass is 32.1. The van der Waals surface area contributed by atoms with E-state index in [2.05, 4.69) is 15.3 Å². The minimum absolute atomic E-state index is 0.673. The predicted molar refractivity (Wildman–Crippen MR) is 71.2 cm³/mol. The zero-order valence-electron chi connectivity index (χ0n) is 9.81. The maximum absolute atomic E-state index is 5.56. The molecule has 0 unspecified atom stereocenters. The van der Waals surface area contributed by atoms with E-state index in [1.165, 1.54) is 10.4 Å². The summed E-state index contributed by atoms with van der Waals surface area (Å²) in [5.74, 6) is 0. The van der Waals surface area contributed by atoms with Crippen LogP contribution in [0.4, 0.5) is 5.13 Å². The van der Waals surface area contributed by atoms with Crippen molar-refractivity contribution >= 4 is 16.5 Å². The SMILES string of the molecule is Cc1nc(NCc2ccncc2)sc1CCN. The van der Waals surface area contributed by atoms with Crippen molar-refractivity contribution in [1.82, 2.24) is 9.97 Å². The van der Waals surface area contributed by atoms with Gasteiger partial charge in [0.15, 0.2) is 5.13 Å². The molecule has 4 nitrogen and oxygen atoms in total. The summed E-state index contributed by atoms with van der Waals surface area (Å²) in [4.78, 5) is 9.74. The number of anilines is 1. The number of nitrogens with zero attached hydrogens (tertiary/aromatic N) is 2. The highest BCUT2D eigenvalue weighted by Gasteiger charge is 2.06. The quantitative estimate of drug-likeness (QED) is 0.849. The molecule has 0 fully saturated rings. The molecule has 2 rings (SSSR count). The second-order valence-corrected chi connectivity index (χ2v) is 4.86. The molecule has 5 heteroatoms. The maximum atomic E-state index is 5.56. The van der Waals surface area contributed by atoms with Crippen LogP contribution >= 0.6 is 11.3 Å². The van der Waals surface area contributed by atoms with Crippen molar-refractivity contribution in [3.05, 3.63) is 40.7 Å². The number of thiazole rings is 1. The minimum Gasteiger partial charge on any atom is -0.357 e. The monoisotopic (exact) mass is 248 g/mol. The minimum atomic E-state index is 0.673. The van der Waals surface area contributed by atoms with Gasteiger partial charge in [0, 0.05) is 23.8 Å². The number of nitrogens with one attached hydrogen (secondary N) is 1. The third-order valence-corrected chi connectivity index (χ3v) is 3.63. The van der Waals surface area contributed by atoms with Crippen LogP contribution in [0.3, 0.4) is 0 Å². The summed E-state index contributed by atoms with van der Waals surface area (Å²) < 4.78 is 0. The molecule has 2 aromatic heterocycles. The van der Waals surface area contributed by atoms with Crippen LogP contribution in [0, 0.1) is 6.92 Å². The van der Waals surface area contributed by atoms with E-state index in [0.717, 1.165) is 23.8 Å². The highest BCUT2D eigenvalue weighted by Crippen LogP contribution is 2.23. The lowest BCUT2D eigenvalue weighted by atomic mass is 10.3. The van der Waals surface area contributed by atoms with Crippen molar-refractivity contribution in [2.24, 2.45) is 5.73 Å². The summed E-state index contributed by atoms with van der Waals surface area (Å²) >= 11 is 1.69. The maximum Gasteiger partial charge on any atom is 0.183 e. The van der Waals surface area contributed by atoms with Crippen LogP contribution < -0.4 is 11.1 Å². The molecule has 0 aliphatic carbocycles. The number of pyridine rings is 1. The fourth-order valence-electron chi connectivity index (χ4n) is 1.54. The van der Waals surface area contributed by atoms with Gasteiger partial charge in [0.25, 0.3) is 0 Å². The Hall–Kier alpha value is -1.46. The third-order valence-electron chi connectivity index (χ3n) is 2.46. The van der Waals surface area contributed by atoms with Gasteiger partial charge in [0.05, 0.1) is 5.69 Å². The van der Waals surface area contributed by atoms with E-state index >= 15 is 0 Å². The van der Waals surface area contributed by atoms with Crippen molar-refractivity contribution in [2.45, 2.75) is 19.9 Å². The fourth-order valence-corrected chi connectivity index (χ4v) is 2.52. The molecule has 0 radical (unpaired) electrons. The van der Waals surface area contributed by atoms with E-state index in [1.807, 2.05) is 19.1 Å². The molecule has 0 bridgehead atoms. The molecular formula is C12H16N4S. The van der Waals surface area contributed by atoms with Crippen LogP contribution in [0.5, 0.6) is 0 Å². The molecule has 2 aromatic rings. The average molecular weight is 248 g/mol. The van der Waals surface area contributed by atoms with Crippen LogP contribution in [0.15, 0.2) is 24.5 Å². The van der Waals surface area contributed by atoms with Gasteiger partial charge in [-0.2, -0.15) is 0 Å². The molecule has 0 saturated heterocycles. The largest absolute Gasteiger partial charge is 0.357 e. The van der Waals surface area contributed by atoms with Crippen molar-refractivity contribution < 1.29 is 0 Å². The number of hydrogen-bond donors (Lipinski definition) is 2. The highest BCUT2D eigenvalue weighted by molar-refractivity contribution is 7.15. The Morgan fingerprint density at radius 1 is 1.35 bits per heavy atom. The first-order chi connectivity index (χ1) is 8.29. The Morgan fingerprint density at radius 2 is 2.12 bits per heavy atom. The topological polar surface area (TPSA) is 63.8 Å². The fraction of sp³-hybridized carbons (Fsp3) is 0.333. The van der Waals surface area contributed by atoms with Crippen LogP contribution in [0.25, 0.3) is 0 Å². The van der Waals surface area contributed by atoms with Crippen LogP contribution in [0.1, 0.15) is 16.1 Å². The lowest BCUT2D eigenvalue weighted by molar-refractivity contribution is 0.969. The summed E-state index contributed by atoms with van der Waals surface area (Å²) in [6, 6.07) is 3.99. The summed E-state index contributed by atoms with van der Waals surface area (Å²) in [7, 11) is 0. The molecule has 17 heavy (non-hydrogen) atoms. The van der Waals surface area contributed by atoms with Gasteiger partial charge >= 0.3 is 0 Å². The molecule has 90 valence electrons. The van der Waals surface area contributed by atoms with Gasteiger partial charge in [0.1, 0.15) is 0 Å². The first-order valence-corrected chi connectivity index (χ1v) is 6.40. The van der Waals surface area contributed by atoms with E-state index in [1.54, 1.807) is 23.7 Å². The van der Waals surface area contributed by atoms with E-state index < -0.39 is 0 Å². The Morgan fingerprint density at radius 3 is 2.82 bits per heavy atom. The first-order valence-electron chi connectivity index (χ1n) is 5.58. The van der Waals surface area contributed by atoms with Crippen molar-refractivity contribution in [3.8, 4) is 0 Å². The van der Waals surface area contributed by atoms with Gasteiger partial charge in [-0.25, -0.2) is 4.98 Å². The Bertz CT molecular complexity index is 467. The number of aryl methyl sites for hydroxylation is 1. The molecule has 0 saturated carbocycles. The molecule has 2 heterocycles. The summed E-state index contributed by atoms with van der Waals surface area (Å²) in [5, 5.41) is 4.28. The Labute approximate surface area is 105 Å². The second-order valence-electron chi connectivity index (χ2n) is 3.78. The number of aromatic nitrogens is 2. The van der Waals surface area contributed by atoms with Gasteiger partial charge < -0.3 is 11.1 Å². The molecule has 0 spiro atoms. The van der Waals surface area contributed by atoms with Gasteiger partial charge in [-0.15, -0.1) is 11.3 Å². The third kappa shape index (κ3) is 3.25. The first kappa shape index (κ1) is 12.0. The average Bonchev–Trinajstić information content (AvgIpc) is 2.70. The zero-order chi connectivity index (χ0) is 12.1. The molecule has 0 aromatic carbocycles. The number of nitrogens with two attached hydrogens (primary N) is 1. The lowest BCUT2D eigenvalue weighted by Crippen LogP contribution is -2.01. The molecule has 0 aliphatic heterocycles. The smallest absolute Gasteiger partial charge is 0.183 e. The van der Waals surface area contributed by atoms with Gasteiger partial charge in [-0.1, -0.05) is 0 Å². The predicted octanol–water partition coefficient (Wildman–Crippen LogP) is 1.96. The second kappa shape index (κ2) is 5.75. The van der Waals surface area contributed by atoms with E-state index in [0.29, 0.717) is 6.54 Å². The van der Waals surface area contributed by atoms with E-state index in [9.17, 15) is 0 Å².